The van der Waals surface area contributed by atoms with E-state index in [2.05, 4.69) is 39.9 Å². The monoisotopic (exact) mass is 444 g/mol. The predicted molar refractivity (Wildman–Crippen MR) is 119 cm³/mol. The van der Waals surface area contributed by atoms with Crippen LogP contribution in [0.15, 0.2) is 42.5 Å². The van der Waals surface area contributed by atoms with Gasteiger partial charge in [0, 0.05) is 19.4 Å². The topological polar surface area (TPSA) is 93.2 Å². The van der Waals surface area contributed by atoms with E-state index >= 15 is 0 Å². The number of carbonyl (C=O) groups excluding carboxylic acids is 2. The Kier molecular flexibility index (Phi) is 7.02. The SMILES string of the molecule is COc1cc(NC(C)=O)c(Cl)cc1C(=O)Nc1nnc(CC(C)c2ccccc2)s1. The van der Waals surface area contributed by atoms with Crippen LogP contribution in [0.5, 0.6) is 5.75 Å². The van der Waals surface area contributed by atoms with Crippen LogP contribution in [0.1, 0.15) is 40.7 Å². The van der Waals surface area contributed by atoms with Crippen molar-refractivity contribution in [2.45, 2.75) is 26.2 Å². The molecular weight excluding hydrogens is 424 g/mol. The van der Waals surface area contributed by atoms with Gasteiger partial charge in [-0.05, 0) is 17.5 Å². The number of aromatic nitrogens is 2. The number of hydrogen-bond acceptors (Lipinski definition) is 6. The number of carbonyl (C=O) groups is 2. The van der Waals surface area contributed by atoms with Crippen LogP contribution in [0.4, 0.5) is 10.8 Å². The number of ether oxygens (including phenoxy) is 1. The Morgan fingerprint density at radius 1 is 1.17 bits per heavy atom. The summed E-state index contributed by atoms with van der Waals surface area (Å²) in [5.74, 6) is -0.143. The minimum atomic E-state index is -0.429. The second kappa shape index (κ2) is 9.69. The Morgan fingerprint density at radius 2 is 1.90 bits per heavy atom. The zero-order valence-corrected chi connectivity index (χ0v) is 18.3. The molecule has 156 valence electrons. The molecule has 2 amide bonds. The minimum Gasteiger partial charge on any atom is -0.496 e. The quantitative estimate of drug-likeness (QED) is 0.548. The Labute approximate surface area is 183 Å². The first-order chi connectivity index (χ1) is 14.4. The van der Waals surface area contributed by atoms with E-state index in [1.807, 2.05) is 18.2 Å². The zero-order valence-electron chi connectivity index (χ0n) is 16.7. The zero-order chi connectivity index (χ0) is 21.7. The standard InChI is InChI=1S/C21H21ClN4O3S/c1-12(14-7-5-4-6-8-14)9-19-25-26-21(30-19)24-20(28)15-10-16(22)17(23-13(2)27)11-18(15)29-3/h4-8,10-12H,9H2,1-3H3,(H,23,27)(H,24,26,28). The Hall–Kier alpha value is -2.97. The first-order valence-electron chi connectivity index (χ1n) is 9.21. The highest BCUT2D eigenvalue weighted by atomic mass is 35.5. The molecular formula is C21H21ClN4O3S. The lowest BCUT2D eigenvalue weighted by atomic mass is 9.98. The van der Waals surface area contributed by atoms with Crippen LogP contribution >= 0.6 is 22.9 Å². The highest BCUT2D eigenvalue weighted by Crippen LogP contribution is 2.32. The molecule has 7 nitrogen and oxygen atoms in total. The van der Waals surface area contributed by atoms with Gasteiger partial charge in [-0.2, -0.15) is 0 Å². The summed E-state index contributed by atoms with van der Waals surface area (Å²) in [5, 5.41) is 15.0. The van der Waals surface area contributed by atoms with Crippen molar-refractivity contribution >= 4 is 45.6 Å². The van der Waals surface area contributed by atoms with Crippen LogP contribution in [0.25, 0.3) is 0 Å². The molecule has 2 aromatic carbocycles. The van der Waals surface area contributed by atoms with E-state index in [0.29, 0.717) is 10.8 Å². The second-order valence-electron chi connectivity index (χ2n) is 6.68. The van der Waals surface area contributed by atoms with Crippen molar-refractivity contribution in [3.63, 3.8) is 0 Å². The fraction of sp³-hybridized carbons (Fsp3) is 0.238. The number of amides is 2. The van der Waals surface area contributed by atoms with E-state index < -0.39 is 5.91 Å². The molecule has 1 heterocycles. The third-order valence-corrected chi connectivity index (χ3v) is 5.55. The van der Waals surface area contributed by atoms with Crippen LogP contribution in [-0.2, 0) is 11.2 Å². The van der Waals surface area contributed by atoms with Gasteiger partial charge in [0.25, 0.3) is 5.91 Å². The van der Waals surface area contributed by atoms with Crippen molar-refractivity contribution in [2.24, 2.45) is 0 Å². The third kappa shape index (κ3) is 5.34. The van der Waals surface area contributed by atoms with Crippen molar-refractivity contribution in [3.8, 4) is 5.75 Å². The number of rotatable bonds is 7. The maximum atomic E-state index is 12.7. The van der Waals surface area contributed by atoms with E-state index in [4.69, 9.17) is 16.3 Å². The molecule has 0 saturated heterocycles. The van der Waals surface area contributed by atoms with Gasteiger partial charge in [0.05, 0.1) is 23.4 Å². The molecule has 1 unspecified atom stereocenters. The summed E-state index contributed by atoms with van der Waals surface area (Å²) in [7, 11) is 1.44. The summed E-state index contributed by atoms with van der Waals surface area (Å²) in [6, 6.07) is 13.1. The van der Waals surface area contributed by atoms with Gasteiger partial charge in [-0.3, -0.25) is 14.9 Å². The van der Waals surface area contributed by atoms with Gasteiger partial charge in [0.1, 0.15) is 10.8 Å². The Morgan fingerprint density at radius 3 is 2.57 bits per heavy atom. The van der Waals surface area contributed by atoms with E-state index in [1.165, 1.54) is 43.1 Å². The van der Waals surface area contributed by atoms with Gasteiger partial charge in [-0.25, -0.2) is 0 Å². The van der Waals surface area contributed by atoms with Crippen molar-refractivity contribution in [1.29, 1.82) is 0 Å². The minimum absolute atomic E-state index is 0.228. The van der Waals surface area contributed by atoms with Crippen molar-refractivity contribution < 1.29 is 14.3 Å². The molecule has 0 aliphatic rings. The number of methoxy groups -OCH3 is 1. The summed E-state index contributed by atoms with van der Waals surface area (Å²) >= 11 is 7.52. The van der Waals surface area contributed by atoms with Crippen molar-refractivity contribution in [1.82, 2.24) is 10.2 Å². The lowest BCUT2D eigenvalue weighted by Gasteiger charge is -2.12. The van der Waals surface area contributed by atoms with Gasteiger partial charge >= 0.3 is 0 Å². The summed E-state index contributed by atoms with van der Waals surface area (Å²) in [6.07, 6.45) is 0.720. The van der Waals surface area contributed by atoms with Gasteiger partial charge in [0.15, 0.2) is 0 Å². The third-order valence-electron chi connectivity index (χ3n) is 4.38. The van der Waals surface area contributed by atoms with Gasteiger partial charge in [-0.15, -0.1) is 10.2 Å². The smallest absolute Gasteiger partial charge is 0.261 e. The molecule has 3 rings (SSSR count). The Bertz CT molecular complexity index is 1060. The molecule has 0 aliphatic heterocycles. The number of benzene rings is 2. The molecule has 3 aromatic rings. The summed E-state index contributed by atoms with van der Waals surface area (Å²) < 4.78 is 5.28. The van der Waals surface area contributed by atoms with Gasteiger partial charge < -0.3 is 10.1 Å². The predicted octanol–water partition coefficient (Wildman–Crippen LogP) is 4.76. The van der Waals surface area contributed by atoms with Crippen LogP contribution in [0.2, 0.25) is 5.02 Å². The van der Waals surface area contributed by atoms with Crippen LogP contribution in [0, 0.1) is 0 Å². The first-order valence-corrected chi connectivity index (χ1v) is 10.4. The number of nitrogens with zero attached hydrogens (tertiary/aromatic N) is 2. The molecule has 0 radical (unpaired) electrons. The molecule has 0 spiro atoms. The van der Waals surface area contributed by atoms with E-state index in [1.54, 1.807) is 0 Å². The van der Waals surface area contributed by atoms with Crippen LogP contribution < -0.4 is 15.4 Å². The number of halogens is 1. The lowest BCUT2D eigenvalue weighted by molar-refractivity contribution is -0.114. The molecule has 30 heavy (non-hydrogen) atoms. The normalized spacial score (nSPS) is 11.6. The summed E-state index contributed by atoms with van der Waals surface area (Å²) in [6.45, 7) is 3.49. The average Bonchev–Trinajstić information content (AvgIpc) is 3.16. The Balaban J connectivity index is 1.72. The first kappa shape index (κ1) is 21.7. The molecule has 9 heteroatoms. The van der Waals surface area contributed by atoms with Crippen LogP contribution in [0.3, 0.4) is 0 Å². The lowest BCUT2D eigenvalue weighted by Crippen LogP contribution is -2.14. The van der Waals surface area contributed by atoms with Crippen molar-refractivity contribution in [3.05, 3.63) is 63.6 Å². The largest absolute Gasteiger partial charge is 0.496 e. The van der Waals surface area contributed by atoms with Crippen molar-refractivity contribution in [2.75, 3.05) is 17.7 Å². The second-order valence-corrected chi connectivity index (χ2v) is 8.15. The maximum absolute atomic E-state index is 12.7. The molecule has 1 aromatic heterocycles. The molecule has 2 N–H and O–H groups in total. The molecule has 0 fully saturated rings. The number of hydrogen-bond donors (Lipinski definition) is 2. The summed E-state index contributed by atoms with van der Waals surface area (Å²) in [4.78, 5) is 24.0. The van der Waals surface area contributed by atoms with E-state index in [9.17, 15) is 9.59 Å². The highest BCUT2D eigenvalue weighted by molar-refractivity contribution is 7.15. The average molecular weight is 445 g/mol. The number of anilines is 2. The fourth-order valence-electron chi connectivity index (χ4n) is 2.90. The molecule has 0 bridgehead atoms. The van der Waals surface area contributed by atoms with Crippen LogP contribution in [-0.4, -0.2) is 29.1 Å². The van der Waals surface area contributed by atoms with Gasteiger partial charge in [0.2, 0.25) is 11.0 Å². The van der Waals surface area contributed by atoms with E-state index in [-0.39, 0.29) is 28.2 Å². The fourth-order valence-corrected chi connectivity index (χ4v) is 3.97. The van der Waals surface area contributed by atoms with E-state index in [0.717, 1.165) is 11.4 Å². The highest BCUT2D eigenvalue weighted by Gasteiger charge is 2.19. The molecule has 0 aliphatic carbocycles. The van der Waals surface area contributed by atoms with Gasteiger partial charge in [-0.1, -0.05) is 60.2 Å². The molecule has 0 saturated carbocycles. The number of nitrogens with one attached hydrogen (secondary N) is 2. The maximum Gasteiger partial charge on any atom is 0.261 e. The molecule has 1 atom stereocenters. The summed E-state index contributed by atoms with van der Waals surface area (Å²) in [5.41, 5.74) is 1.81.